The molecule has 2 N–H and O–H groups in total. The van der Waals surface area contributed by atoms with E-state index in [1.807, 2.05) is 0 Å². The number of nitrogens with two attached hydrogens (primary N) is 1. The Hall–Kier alpha value is -3.91. The van der Waals surface area contributed by atoms with Crippen molar-refractivity contribution in [2.45, 2.75) is 49.7 Å². The first-order valence-corrected chi connectivity index (χ1v) is 14.5. The Balaban J connectivity index is 1.78. The van der Waals surface area contributed by atoms with Crippen molar-refractivity contribution >= 4 is 40.3 Å². The van der Waals surface area contributed by atoms with Crippen molar-refractivity contribution in [1.29, 1.82) is 0 Å². The largest absolute Gasteiger partial charge is 0.417 e. The number of carbonyl (C=O) groups is 2. The van der Waals surface area contributed by atoms with Crippen LogP contribution in [0.15, 0.2) is 52.7 Å². The van der Waals surface area contributed by atoms with Gasteiger partial charge in [-0.3, -0.25) is 14.2 Å². The fraction of sp³-hybridized carbons (Fsp3) is 0.379. The van der Waals surface area contributed by atoms with Gasteiger partial charge in [0.25, 0.3) is 0 Å². The highest BCUT2D eigenvalue weighted by atomic mass is 32.2. The Bertz CT molecular complexity index is 1650. The number of piperazine rings is 1. The molecule has 1 fully saturated rings. The summed E-state index contributed by atoms with van der Waals surface area (Å²) in [5.41, 5.74) is 3.69. The van der Waals surface area contributed by atoms with Gasteiger partial charge in [0.05, 0.1) is 23.7 Å². The third-order valence-corrected chi connectivity index (χ3v) is 8.77. The molecule has 14 heteroatoms. The SMILES string of the molecule is C=CC(=O)N1[C@H](C)CN(c2nc(=O)n3c4c(c(-c5ccc(F)cc5)c(C(F)(F)F)cc24)SCC(OCC(N)=O)C3)C[C@@H]1C. The van der Waals surface area contributed by atoms with Crippen LogP contribution in [-0.4, -0.2) is 69.9 Å². The first kappa shape index (κ1) is 30.5. The number of primary amides is 1. The highest BCUT2D eigenvalue weighted by Crippen LogP contribution is 2.48. The van der Waals surface area contributed by atoms with Crippen molar-refractivity contribution in [3.05, 3.63) is 64.9 Å². The molecule has 0 spiro atoms. The topological polar surface area (TPSA) is 111 Å². The molecule has 43 heavy (non-hydrogen) atoms. The maximum Gasteiger partial charge on any atom is 0.417 e. The lowest BCUT2D eigenvalue weighted by atomic mass is 9.96. The number of aromatic nitrogens is 2. The van der Waals surface area contributed by atoms with E-state index in [9.17, 15) is 31.9 Å². The van der Waals surface area contributed by atoms with Crippen LogP contribution in [0.1, 0.15) is 19.4 Å². The fourth-order valence-electron chi connectivity index (χ4n) is 5.84. The van der Waals surface area contributed by atoms with E-state index in [2.05, 4.69) is 11.6 Å². The van der Waals surface area contributed by atoms with Crippen LogP contribution < -0.4 is 16.3 Å². The Morgan fingerprint density at radius 3 is 2.40 bits per heavy atom. The lowest BCUT2D eigenvalue weighted by Crippen LogP contribution is -2.58. The highest BCUT2D eigenvalue weighted by Gasteiger charge is 2.40. The molecular weight excluding hydrogens is 590 g/mol. The normalized spacial score (nSPS) is 20.7. The number of carbonyl (C=O) groups excluding carboxylic acids is 2. The molecule has 2 aliphatic heterocycles. The lowest BCUT2D eigenvalue weighted by molar-refractivity contribution is -0.137. The predicted octanol–water partition coefficient (Wildman–Crippen LogP) is 3.81. The number of alkyl halides is 3. The molecule has 3 aromatic rings. The quantitative estimate of drug-likeness (QED) is 0.330. The van der Waals surface area contributed by atoms with Crippen molar-refractivity contribution < 1.29 is 31.9 Å². The number of halogens is 4. The van der Waals surface area contributed by atoms with Gasteiger partial charge in [-0.1, -0.05) is 18.7 Å². The van der Waals surface area contributed by atoms with E-state index in [-0.39, 0.29) is 76.1 Å². The maximum absolute atomic E-state index is 14.8. The van der Waals surface area contributed by atoms with E-state index in [1.165, 1.54) is 22.8 Å². The summed E-state index contributed by atoms with van der Waals surface area (Å²) in [7, 11) is 0. The minimum absolute atomic E-state index is 0.0650. The van der Waals surface area contributed by atoms with Crippen LogP contribution >= 0.6 is 11.8 Å². The summed E-state index contributed by atoms with van der Waals surface area (Å²) in [4.78, 5) is 45.3. The molecule has 1 unspecified atom stereocenters. The minimum Gasteiger partial charge on any atom is -0.368 e. The van der Waals surface area contributed by atoms with Crippen molar-refractivity contribution in [2.24, 2.45) is 5.73 Å². The number of hydrogen-bond acceptors (Lipinski definition) is 7. The molecule has 9 nitrogen and oxygen atoms in total. The molecule has 2 aromatic carbocycles. The van der Waals surface area contributed by atoms with Gasteiger partial charge < -0.3 is 20.3 Å². The summed E-state index contributed by atoms with van der Waals surface area (Å²) in [6.07, 6.45) is -4.36. The molecule has 1 saturated heterocycles. The third-order valence-electron chi connectivity index (χ3n) is 7.55. The number of amides is 2. The molecule has 0 aliphatic carbocycles. The van der Waals surface area contributed by atoms with Crippen LogP contribution in [0.25, 0.3) is 22.0 Å². The molecule has 3 heterocycles. The average molecular weight is 620 g/mol. The Morgan fingerprint density at radius 2 is 1.81 bits per heavy atom. The van der Waals surface area contributed by atoms with Gasteiger partial charge in [-0.15, -0.1) is 11.8 Å². The van der Waals surface area contributed by atoms with Crippen LogP contribution in [-0.2, 0) is 27.0 Å². The van der Waals surface area contributed by atoms with Crippen LogP contribution in [0.2, 0.25) is 0 Å². The third kappa shape index (κ3) is 5.85. The van der Waals surface area contributed by atoms with Gasteiger partial charge in [-0.25, -0.2) is 9.18 Å². The van der Waals surface area contributed by atoms with E-state index in [0.29, 0.717) is 0 Å². The van der Waals surface area contributed by atoms with Gasteiger partial charge in [-0.2, -0.15) is 18.2 Å². The second kappa shape index (κ2) is 11.6. The second-order valence-corrected chi connectivity index (χ2v) is 11.7. The van der Waals surface area contributed by atoms with E-state index in [0.717, 1.165) is 30.0 Å². The van der Waals surface area contributed by atoms with Gasteiger partial charge in [0.15, 0.2) is 0 Å². The molecule has 2 aliphatic rings. The highest BCUT2D eigenvalue weighted by molar-refractivity contribution is 7.99. The molecule has 2 amide bonds. The molecule has 0 saturated carbocycles. The van der Waals surface area contributed by atoms with Crippen molar-refractivity contribution in [3.8, 4) is 11.1 Å². The van der Waals surface area contributed by atoms with Gasteiger partial charge in [-0.05, 0) is 43.7 Å². The van der Waals surface area contributed by atoms with Crippen LogP contribution in [0, 0.1) is 5.82 Å². The van der Waals surface area contributed by atoms with E-state index in [4.69, 9.17) is 10.5 Å². The zero-order valence-corrected chi connectivity index (χ0v) is 24.2. The molecule has 228 valence electrons. The first-order chi connectivity index (χ1) is 20.3. The second-order valence-electron chi connectivity index (χ2n) is 10.6. The first-order valence-electron chi connectivity index (χ1n) is 13.5. The number of anilines is 1. The number of thioether (sulfide) groups is 1. The summed E-state index contributed by atoms with van der Waals surface area (Å²) >= 11 is 1.05. The fourth-order valence-corrected chi connectivity index (χ4v) is 7.12. The Morgan fingerprint density at radius 1 is 1.16 bits per heavy atom. The molecule has 5 rings (SSSR count). The molecule has 3 atom stereocenters. The van der Waals surface area contributed by atoms with E-state index in [1.54, 1.807) is 23.6 Å². The lowest BCUT2D eigenvalue weighted by Gasteiger charge is -2.44. The Labute approximate surface area is 248 Å². The number of nitrogens with zero attached hydrogens (tertiary/aromatic N) is 4. The van der Waals surface area contributed by atoms with Crippen LogP contribution in [0.3, 0.4) is 0 Å². The van der Waals surface area contributed by atoms with Gasteiger partial charge >= 0.3 is 11.9 Å². The number of benzene rings is 2. The van der Waals surface area contributed by atoms with Crippen molar-refractivity contribution in [1.82, 2.24) is 14.5 Å². The standard InChI is InChI=1S/C29H29F4N5O4S/c1-4-23(40)38-15(2)10-36(11-16(38)3)27-20-9-21(29(31,32)33)24(17-5-7-18(30)8-6-17)26-25(20)37(28(41)35-27)12-19(14-43-26)42-13-22(34)39/h4-9,15-16,19H,1,10-14H2,2-3H3,(H2,34,39)/t15-,16+,19?. The average Bonchev–Trinajstić information content (AvgIpc) is 3.13. The Kier molecular flexibility index (Phi) is 8.27. The molecule has 0 bridgehead atoms. The van der Waals surface area contributed by atoms with E-state index >= 15 is 0 Å². The number of rotatable bonds is 6. The monoisotopic (exact) mass is 619 g/mol. The van der Waals surface area contributed by atoms with E-state index < -0.39 is 41.9 Å². The maximum atomic E-state index is 14.8. The van der Waals surface area contributed by atoms with Gasteiger partial charge in [0.2, 0.25) is 11.8 Å². The van der Waals surface area contributed by atoms with Crippen LogP contribution in [0.4, 0.5) is 23.4 Å². The minimum atomic E-state index is -4.82. The predicted molar refractivity (Wildman–Crippen MR) is 154 cm³/mol. The molecule has 1 aromatic heterocycles. The summed E-state index contributed by atoms with van der Waals surface area (Å²) in [5.74, 6) is -1.46. The van der Waals surface area contributed by atoms with Crippen LogP contribution in [0.5, 0.6) is 0 Å². The van der Waals surface area contributed by atoms with Crippen molar-refractivity contribution in [3.63, 3.8) is 0 Å². The van der Waals surface area contributed by atoms with Gasteiger partial charge in [0, 0.05) is 46.8 Å². The number of ether oxygens (including phenoxy) is 1. The van der Waals surface area contributed by atoms with Crippen molar-refractivity contribution in [2.75, 3.05) is 30.3 Å². The zero-order valence-electron chi connectivity index (χ0n) is 23.4. The molecular formula is C29H29F4N5O4S. The summed E-state index contributed by atoms with van der Waals surface area (Å²) < 4.78 is 65.1. The summed E-state index contributed by atoms with van der Waals surface area (Å²) in [6, 6.07) is 4.94. The summed E-state index contributed by atoms with van der Waals surface area (Å²) in [6.45, 7) is 7.06. The molecule has 0 radical (unpaired) electrons. The number of hydrogen-bond donors (Lipinski definition) is 1. The summed E-state index contributed by atoms with van der Waals surface area (Å²) in [5, 5.41) is 0.0961. The smallest absolute Gasteiger partial charge is 0.368 e. The van der Waals surface area contributed by atoms with Gasteiger partial charge in [0.1, 0.15) is 18.2 Å². The zero-order chi connectivity index (χ0) is 31.2.